The first-order valence-corrected chi connectivity index (χ1v) is 9.36. The summed E-state index contributed by atoms with van der Waals surface area (Å²) in [5, 5.41) is 6.87. The van der Waals surface area contributed by atoms with E-state index < -0.39 is 0 Å². The zero-order valence-corrected chi connectivity index (χ0v) is 15.4. The molecule has 0 atom stereocenters. The van der Waals surface area contributed by atoms with Crippen LogP contribution >= 0.6 is 22.7 Å². The molecule has 0 aromatic carbocycles. The molecule has 0 aliphatic rings. The third kappa shape index (κ3) is 4.55. The molecule has 6 nitrogen and oxygen atoms in total. The van der Waals surface area contributed by atoms with E-state index in [9.17, 15) is 9.59 Å². The lowest BCUT2D eigenvalue weighted by atomic mass is 10.3. The van der Waals surface area contributed by atoms with E-state index >= 15 is 0 Å². The Kier molecular flexibility index (Phi) is 5.30. The average molecular weight is 375 g/mol. The molecule has 8 heteroatoms. The lowest BCUT2D eigenvalue weighted by Crippen LogP contribution is -2.27. The Labute approximate surface area is 153 Å². The number of carbonyl (C=O) groups is 2. The van der Waals surface area contributed by atoms with Crippen molar-refractivity contribution in [2.24, 2.45) is 0 Å². The van der Waals surface area contributed by atoms with Crippen molar-refractivity contribution in [3.63, 3.8) is 0 Å². The molecule has 130 valence electrons. The molecule has 0 saturated carbocycles. The molecule has 0 aliphatic heterocycles. The highest BCUT2D eigenvalue weighted by Gasteiger charge is 2.15. The van der Waals surface area contributed by atoms with Crippen LogP contribution in [0.2, 0.25) is 0 Å². The van der Waals surface area contributed by atoms with Crippen LogP contribution in [0.3, 0.4) is 0 Å². The van der Waals surface area contributed by atoms with Gasteiger partial charge >= 0.3 is 0 Å². The predicted molar refractivity (Wildman–Crippen MR) is 98.0 cm³/mol. The molecule has 3 aromatic heterocycles. The number of likely N-dealkylation sites (N-methyl/N-ethyl adjacent to an activating group) is 1. The van der Waals surface area contributed by atoms with Crippen molar-refractivity contribution in [1.29, 1.82) is 0 Å². The van der Waals surface area contributed by atoms with Gasteiger partial charge in [-0.3, -0.25) is 14.9 Å². The van der Waals surface area contributed by atoms with Gasteiger partial charge in [0.15, 0.2) is 5.13 Å². The topological polar surface area (TPSA) is 75.4 Å². The lowest BCUT2D eigenvalue weighted by molar-refractivity contribution is -0.129. The van der Waals surface area contributed by atoms with E-state index in [0.29, 0.717) is 22.2 Å². The van der Waals surface area contributed by atoms with Crippen molar-refractivity contribution in [2.45, 2.75) is 19.9 Å². The minimum atomic E-state index is -0.187. The van der Waals surface area contributed by atoms with E-state index in [4.69, 9.17) is 4.42 Å². The summed E-state index contributed by atoms with van der Waals surface area (Å²) in [6, 6.07) is 7.31. The second-order valence-electron chi connectivity index (χ2n) is 5.51. The Bertz CT molecular complexity index is 867. The van der Waals surface area contributed by atoms with Gasteiger partial charge in [-0.1, -0.05) is 6.07 Å². The van der Waals surface area contributed by atoms with Crippen molar-refractivity contribution in [3.8, 4) is 0 Å². The molecular formula is C17H17N3O3S2. The summed E-state index contributed by atoms with van der Waals surface area (Å²) in [7, 11) is 1.73. The highest BCUT2D eigenvalue weighted by Crippen LogP contribution is 2.19. The van der Waals surface area contributed by atoms with Crippen molar-refractivity contribution >= 4 is 39.6 Å². The van der Waals surface area contributed by atoms with Crippen molar-refractivity contribution in [3.05, 3.63) is 57.1 Å². The summed E-state index contributed by atoms with van der Waals surface area (Å²) in [5.74, 6) is 1.32. The fraction of sp³-hybridized carbons (Fsp3) is 0.235. The monoisotopic (exact) mass is 375 g/mol. The zero-order valence-electron chi connectivity index (χ0n) is 13.8. The molecular weight excluding hydrogens is 358 g/mol. The van der Waals surface area contributed by atoms with E-state index in [0.717, 1.165) is 11.5 Å². The largest absolute Gasteiger partial charge is 0.464 e. The number of aromatic nitrogens is 1. The summed E-state index contributed by atoms with van der Waals surface area (Å²) in [6.45, 7) is 2.28. The van der Waals surface area contributed by atoms with Crippen molar-refractivity contribution in [2.75, 3.05) is 12.4 Å². The Morgan fingerprint density at radius 3 is 2.80 bits per heavy atom. The molecule has 0 fully saturated rings. The fourth-order valence-electron chi connectivity index (χ4n) is 2.19. The number of amides is 2. The minimum absolute atomic E-state index is 0.0597. The summed E-state index contributed by atoms with van der Waals surface area (Å²) in [5.41, 5.74) is 0.638. The normalized spacial score (nSPS) is 10.6. The van der Waals surface area contributed by atoms with Crippen LogP contribution in [0.4, 0.5) is 5.13 Å². The van der Waals surface area contributed by atoms with Gasteiger partial charge in [0.2, 0.25) is 5.91 Å². The van der Waals surface area contributed by atoms with E-state index in [1.54, 1.807) is 23.4 Å². The number of anilines is 1. The van der Waals surface area contributed by atoms with Crippen LogP contribution in [-0.2, 0) is 17.8 Å². The van der Waals surface area contributed by atoms with Crippen LogP contribution in [0.1, 0.15) is 26.9 Å². The first-order valence-electron chi connectivity index (χ1n) is 7.60. The number of hydrogen-bond donors (Lipinski definition) is 1. The maximum atomic E-state index is 12.3. The van der Waals surface area contributed by atoms with Crippen LogP contribution < -0.4 is 5.32 Å². The van der Waals surface area contributed by atoms with E-state index in [2.05, 4.69) is 10.3 Å². The van der Waals surface area contributed by atoms with Crippen molar-refractivity contribution in [1.82, 2.24) is 9.88 Å². The minimum Gasteiger partial charge on any atom is -0.464 e. The van der Waals surface area contributed by atoms with E-state index in [1.165, 1.54) is 22.7 Å². The molecule has 0 spiro atoms. The third-order valence-corrected chi connectivity index (χ3v) is 5.14. The first-order chi connectivity index (χ1) is 12.0. The molecule has 2 amide bonds. The maximum Gasteiger partial charge on any atom is 0.267 e. The second kappa shape index (κ2) is 7.62. The number of carbonyl (C=O) groups excluding carboxylic acids is 2. The Morgan fingerprint density at radius 2 is 2.12 bits per heavy atom. The Balaban J connectivity index is 1.55. The van der Waals surface area contributed by atoms with Gasteiger partial charge in [0, 0.05) is 12.4 Å². The average Bonchev–Trinajstić information content (AvgIpc) is 3.30. The van der Waals surface area contributed by atoms with Gasteiger partial charge in [0.1, 0.15) is 11.5 Å². The third-order valence-electron chi connectivity index (χ3n) is 3.46. The molecule has 0 aliphatic carbocycles. The van der Waals surface area contributed by atoms with Gasteiger partial charge in [-0.25, -0.2) is 4.98 Å². The number of hydrogen-bond acceptors (Lipinski definition) is 6. The number of nitrogens with zero attached hydrogens (tertiary/aromatic N) is 2. The standard InChI is InChI=1S/C17H17N3O3S2/c1-11-5-6-13(23-11)9-20(2)15(21)8-12-10-25-17(18-12)19-16(22)14-4-3-7-24-14/h3-7,10H,8-9H2,1-2H3,(H,18,19,22). The van der Waals surface area contributed by atoms with Crippen LogP contribution in [0, 0.1) is 6.92 Å². The van der Waals surface area contributed by atoms with Gasteiger partial charge in [-0.05, 0) is 30.5 Å². The number of thiophene rings is 1. The number of aryl methyl sites for hydroxylation is 1. The highest BCUT2D eigenvalue weighted by atomic mass is 32.1. The molecule has 0 bridgehead atoms. The Hall–Kier alpha value is -2.45. The summed E-state index contributed by atoms with van der Waals surface area (Å²) in [4.78, 5) is 30.8. The van der Waals surface area contributed by atoms with Gasteiger partial charge in [-0.15, -0.1) is 22.7 Å². The molecule has 3 aromatic rings. The summed E-state index contributed by atoms with van der Waals surface area (Å²) < 4.78 is 5.48. The van der Waals surface area contributed by atoms with Crippen molar-refractivity contribution < 1.29 is 14.0 Å². The smallest absolute Gasteiger partial charge is 0.267 e. The van der Waals surface area contributed by atoms with Gasteiger partial charge < -0.3 is 9.32 Å². The van der Waals surface area contributed by atoms with E-state index in [1.807, 2.05) is 30.5 Å². The number of furan rings is 1. The molecule has 3 rings (SSSR count). The predicted octanol–water partition coefficient (Wildman–Crippen LogP) is 3.56. The maximum absolute atomic E-state index is 12.3. The van der Waals surface area contributed by atoms with Crippen LogP contribution in [-0.4, -0.2) is 28.7 Å². The van der Waals surface area contributed by atoms with Gasteiger partial charge in [0.05, 0.1) is 23.5 Å². The van der Waals surface area contributed by atoms with Gasteiger partial charge in [-0.2, -0.15) is 0 Å². The quantitative estimate of drug-likeness (QED) is 0.715. The lowest BCUT2D eigenvalue weighted by Gasteiger charge is -2.14. The van der Waals surface area contributed by atoms with Crippen LogP contribution in [0.5, 0.6) is 0 Å². The molecule has 25 heavy (non-hydrogen) atoms. The first kappa shape index (κ1) is 17.4. The number of thiazole rings is 1. The second-order valence-corrected chi connectivity index (χ2v) is 7.32. The number of rotatable bonds is 6. The summed E-state index contributed by atoms with van der Waals surface area (Å²) >= 11 is 2.68. The fourth-order valence-corrected chi connectivity index (χ4v) is 3.52. The SMILES string of the molecule is Cc1ccc(CN(C)C(=O)Cc2csc(NC(=O)c3cccs3)n2)o1. The molecule has 0 unspecified atom stereocenters. The van der Waals surface area contributed by atoms with Crippen LogP contribution in [0.25, 0.3) is 0 Å². The zero-order chi connectivity index (χ0) is 17.8. The summed E-state index contributed by atoms with van der Waals surface area (Å²) in [6.07, 6.45) is 0.182. The number of nitrogens with one attached hydrogen (secondary N) is 1. The highest BCUT2D eigenvalue weighted by molar-refractivity contribution is 7.14. The van der Waals surface area contributed by atoms with Crippen LogP contribution in [0.15, 0.2) is 39.4 Å². The molecule has 0 saturated heterocycles. The van der Waals surface area contributed by atoms with Gasteiger partial charge in [0.25, 0.3) is 5.91 Å². The molecule has 0 radical (unpaired) electrons. The molecule has 1 N–H and O–H groups in total. The Morgan fingerprint density at radius 1 is 1.28 bits per heavy atom. The van der Waals surface area contributed by atoms with E-state index in [-0.39, 0.29) is 18.2 Å². The molecule has 3 heterocycles.